The van der Waals surface area contributed by atoms with Gasteiger partial charge in [-0.15, -0.1) is 0 Å². The summed E-state index contributed by atoms with van der Waals surface area (Å²) in [6, 6.07) is 6.25. The van der Waals surface area contributed by atoms with Crippen LogP contribution in [0.2, 0.25) is 0 Å². The second-order valence-electron chi connectivity index (χ2n) is 5.21. The Bertz CT molecular complexity index is 501. The number of ether oxygens (including phenoxy) is 1. The number of aliphatic hydroxyl groups is 1. The number of rotatable bonds is 5. The summed E-state index contributed by atoms with van der Waals surface area (Å²) in [7, 11) is 0. The van der Waals surface area contributed by atoms with Gasteiger partial charge in [-0.25, -0.2) is 0 Å². The molecule has 1 aromatic carbocycles. The van der Waals surface area contributed by atoms with Gasteiger partial charge in [0.2, 0.25) is 0 Å². The third-order valence-electron chi connectivity index (χ3n) is 3.54. The van der Waals surface area contributed by atoms with Gasteiger partial charge in [-0.2, -0.15) is 0 Å². The van der Waals surface area contributed by atoms with Gasteiger partial charge in [0.15, 0.2) is 6.61 Å². The van der Waals surface area contributed by atoms with Gasteiger partial charge in [-0.05, 0) is 37.1 Å². The molecule has 0 heterocycles. The third-order valence-corrected chi connectivity index (χ3v) is 3.54. The maximum absolute atomic E-state index is 12.1. The second kappa shape index (κ2) is 7.08. The summed E-state index contributed by atoms with van der Waals surface area (Å²) in [5, 5.41) is 12.7. The van der Waals surface area contributed by atoms with Crippen LogP contribution in [0.3, 0.4) is 0 Å². The van der Waals surface area contributed by atoms with Crippen molar-refractivity contribution in [2.24, 2.45) is 5.73 Å². The van der Waals surface area contributed by atoms with E-state index in [4.69, 9.17) is 10.5 Å². The molecule has 1 saturated carbocycles. The third kappa shape index (κ3) is 4.46. The minimum absolute atomic E-state index is 0.183. The van der Waals surface area contributed by atoms with Crippen molar-refractivity contribution in [3.63, 3.8) is 0 Å². The number of benzene rings is 1. The number of carbonyl (C=O) groups excluding carboxylic acids is 2. The zero-order valence-electron chi connectivity index (χ0n) is 11.7. The van der Waals surface area contributed by atoms with Crippen LogP contribution >= 0.6 is 0 Å². The average Bonchev–Trinajstić information content (AvgIpc) is 2.48. The fourth-order valence-electron chi connectivity index (χ4n) is 2.39. The second-order valence-corrected chi connectivity index (χ2v) is 5.21. The molecule has 1 aliphatic rings. The van der Waals surface area contributed by atoms with Crippen molar-refractivity contribution in [2.75, 3.05) is 6.61 Å². The summed E-state index contributed by atoms with van der Waals surface area (Å²) in [4.78, 5) is 22.7. The highest BCUT2D eigenvalue weighted by Crippen LogP contribution is 2.19. The van der Waals surface area contributed by atoms with Gasteiger partial charge in [0.1, 0.15) is 5.75 Å². The zero-order valence-corrected chi connectivity index (χ0v) is 11.7. The first-order valence-corrected chi connectivity index (χ1v) is 7.06. The maximum Gasteiger partial charge on any atom is 0.255 e. The van der Waals surface area contributed by atoms with E-state index in [0.29, 0.717) is 11.3 Å². The summed E-state index contributed by atoms with van der Waals surface area (Å²) >= 11 is 0. The number of nitrogens with one attached hydrogen (secondary N) is 1. The number of carbonyl (C=O) groups is 2. The first kappa shape index (κ1) is 15.3. The van der Waals surface area contributed by atoms with Crippen LogP contribution in [-0.2, 0) is 4.79 Å². The predicted molar refractivity (Wildman–Crippen MR) is 76.9 cm³/mol. The molecule has 4 N–H and O–H groups in total. The number of hydrogen-bond acceptors (Lipinski definition) is 4. The summed E-state index contributed by atoms with van der Waals surface area (Å²) < 4.78 is 5.12. The van der Waals surface area contributed by atoms with Crippen molar-refractivity contribution in [3.8, 4) is 5.75 Å². The standard InChI is InChI=1S/C15H20N2O4/c16-14(19)9-21-11-7-5-10(6-8-11)15(20)17-12-3-1-2-4-13(12)18/h5-8,12-13,18H,1-4,9H2,(H2,16,19)(H,17,20)/t12-,13-/m0/s1. The average molecular weight is 292 g/mol. The first-order chi connectivity index (χ1) is 10.1. The molecule has 2 atom stereocenters. The minimum atomic E-state index is -0.553. The Kier molecular flexibility index (Phi) is 5.16. The molecule has 0 unspecified atom stereocenters. The van der Waals surface area contributed by atoms with Gasteiger partial charge in [-0.1, -0.05) is 12.8 Å². The molecule has 2 rings (SSSR count). The molecule has 1 fully saturated rings. The highest BCUT2D eigenvalue weighted by atomic mass is 16.5. The molecule has 0 aromatic heterocycles. The van der Waals surface area contributed by atoms with E-state index in [1.165, 1.54) is 0 Å². The van der Waals surface area contributed by atoms with Crippen LogP contribution in [0.5, 0.6) is 5.75 Å². The van der Waals surface area contributed by atoms with Gasteiger partial charge in [-0.3, -0.25) is 9.59 Å². The van der Waals surface area contributed by atoms with Crippen molar-refractivity contribution >= 4 is 11.8 Å². The number of primary amides is 1. The van der Waals surface area contributed by atoms with Crippen molar-refractivity contribution in [1.29, 1.82) is 0 Å². The Morgan fingerprint density at radius 2 is 1.90 bits per heavy atom. The molecule has 0 bridgehead atoms. The van der Waals surface area contributed by atoms with Gasteiger partial charge in [0.05, 0.1) is 12.1 Å². The van der Waals surface area contributed by atoms with Crippen LogP contribution in [0.25, 0.3) is 0 Å². The lowest BCUT2D eigenvalue weighted by molar-refractivity contribution is -0.119. The minimum Gasteiger partial charge on any atom is -0.484 e. The van der Waals surface area contributed by atoms with E-state index in [2.05, 4.69) is 5.32 Å². The van der Waals surface area contributed by atoms with Gasteiger partial charge < -0.3 is 20.9 Å². The number of aliphatic hydroxyl groups excluding tert-OH is 1. The smallest absolute Gasteiger partial charge is 0.255 e. The topological polar surface area (TPSA) is 102 Å². The van der Waals surface area contributed by atoms with Gasteiger partial charge in [0, 0.05) is 5.56 Å². The molecule has 21 heavy (non-hydrogen) atoms. The molecule has 0 aliphatic heterocycles. The monoisotopic (exact) mass is 292 g/mol. The van der Waals surface area contributed by atoms with Crippen LogP contribution in [0.4, 0.5) is 0 Å². The van der Waals surface area contributed by atoms with E-state index >= 15 is 0 Å². The fraction of sp³-hybridized carbons (Fsp3) is 0.467. The number of nitrogens with two attached hydrogens (primary N) is 1. The highest BCUT2D eigenvalue weighted by molar-refractivity contribution is 5.94. The largest absolute Gasteiger partial charge is 0.484 e. The molecule has 6 nitrogen and oxygen atoms in total. The lowest BCUT2D eigenvalue weighted by atomic mass is 9.92. The Morgan fingerprint density at radius 1 is 1.24 bits per heavy atom. The van der Waals surface area contributed by atoms with E-state index in [1.54, 1.807) is 24.3 Å². The summed E-state index contributed by atoms with van der Waals surface area (Å²) in [6.45, 7) is -0.195. The molecular weight excluding hydrogens is 272 g/mol. The molecule has 114 valence electrons. The molecule has 6 heteroatoms. The van der Waals surface area contributed by atoms with Crippen LogP contribution in [0, 0.1) is 0 Å². The fourth-order valence-corrected chi connectivity index (χ4v) is 2.39. The first-order valence-electron chi connectivity index (χ1n) is 7.06. The van der Waals surface area contributed by atoms with Crippen LogP contribution in [-0.4, -0.2) is 35.7 Å². The summed E-state index contributed by atoms with van der Waals surface area (Å²) in [5.41, 5.74) is 5.47. The van der Waals surface area contributed by atoms with E-state index in [1.807, 2.05) is 0 Å². The molecule has 0 saturated heterocycles. The molecular formula is C15H20N2O4. The molecule has 0 spiro atoms. The lowest BCUT2D eigenvalue weighted by Crippen LogP contribution is -2.45. The lowest BCUT2D eigenvalue weighted by Gasteiger charge is -2.28. The molecule has 0 radical (unpaired) electrons. The Balaban J connectivity index is 1.91. The van der Waals surface area contributed by atoms with Gasteiger partial charge in [0.25, 0.3) is 11.8 Å². The Labute approximate surface area is 123 Å². The Hall–Kier alpha value is -2.08. The predicted octanol–water partition coefficient (Wildman–Crippen LogP) is 0.584. The summed E-state index contributed by atoms with van der Waals surface area (Å²) in [6.07, 6.45) is 3.07. The number of amides is 2. The Morgan fingerprint density at radius 3 is 2.52 bits per heavy atom. The van der Waals surface area contributed by atoms with Crippen molar-refractivity contribution in [3.05, 3.63) is 29.8 Å². The van der Waals surface area contributed by atoms with Gasteiger partial charge >= 0.3 is 0 Å². The quantitative estimate of drug-likeness (QED) is 0.739. The zero-order chi connectivity index (χ0) is 15.2. The van der Waals surface area contributed by atoms with Crippen molar-refractivity contribution in [1.82, 2.24) is 5.32 Å². The van der Waals surface area contributed by atoms with E-state index in [-0.39, 0.29) is 18.6 Å². The summed E-state index contributed by atoms with van der Waals surface area (Å²) in [5.74, 6) is -0.298. The van der Waals surface area contributed by atoms with Crippen molar-refractivity contribution < 1.29 is 19.4 Å². The van der Waals surface area contributed by atoms with Crippen LogP contribution < -0.4 is 15.8 Å². The van der Waals surface area contributed by atoms with E-state index < -0.39 is 12.0 Å². The molecule has 1 aliphatic carbocycles. The van der Waals surface area contributed by atoms with Crippen molar-refractivity contribution in [2.45, 2.75) is 37.8 Å². The van der Waals surface area contributed by atoms with Crippen LogP contribution in [0.15, 0.2) is 24.3 Å². The molecule has 2 amide bonds. The van der Waals surface area contributed by atoms with Crippen LogP contribution in [0.1, 0.15) is 36.0 Å². The van der Waals surface area contributed by atoms with E-state index in [0.717, 1.165) is 25.7 Å². The highest BCUT2D eigenvalue weighted by Gasteiger charge is 2.24. The maximum atomic E-state index is 12.1. The SMILES string of the molecule is NC(=O)COc1ccc(C(=O)N[C@H]2CCCC[C@@H]2O)cc1. The normalized spacial score (nSPS) is 21.6. The number of hydrogen-bond donors (Lipinski definition) is 3. The molecule has 1 aromatic rings. The van der Waals surface area contributed by atoms with E-state index in [9.17, 15) is 14.7 Å².